The number of hydrogen-bond donors (Lipinski definition) is 0. The summed E-state index contributed by atoms with van der Waals surface area (Å²) in [6.07, 6.45) is 1.08. The van der Waals surface area contributed by atoms with Gasteiger partial charge in [0.05, 0.1) is 0 Å². The molecule has 0 radical (unpaired) electrons. The van der Waals surface area contributed by atoms with Crippen LogP contribution in [-0.2, 0) is 6.42 Å². The third kappa shape index (κ3) is 3.43. The minimum atomic E-state index is 0.401. The van der Waals surface area contributed by atoms with Crippen LogP contribution < -0.4 is 0 Å². The molecule has 0 bridgehead atoms. The zero-order valence-electron chi connectivity index (χ0n) is 14.9. The van der Waals surface area contributed by atoms with Crippen LogP contribution in [0.3, 0.4) is 0 Å². The van der Waals surface area contributed by atoms with Gasteiger partial charge in [-0.15, -0.1) is 0 Å². The highest BCUT2D eigenvalue weighted by molar-refractivity contribution is 5.45. The molecule has 3 aromatic rings. The topological polar surface area (TPSA) is 0 Å². The van der Waals surface area contributed by atoms with E-state index in [4.69, 9.17) is 0 Å². The molecule has 0 spiro atoms. The van der Waals surface area contributed by atoms with Gasteiger partial charge in [0.1, 0.15) is 0 Å². The molecular formula is C24H26. The van der Waals surface area contributed by atoms with Gasteiger partial charge in [-0.2, -0.15) is 0 Å². The van der Waals surface area contributed by atoms with Crippen LogP contribution in [0.4, 0.5) is 0 Å². The van der Waals surface area contributed by atoms with Crippen LogP contribution in [0.1, 0.15) is 60.4 Å². The Morgan fingerprint density at radius 3 is 1.62 bits per heavy atom. The Balaban J connectivity index is 2.06. The molecule has 0 N–H and O–H groups in total. The Kier molecular flexibility index (Phi) is 5.15. The highest BCUT2D eigenvalue weighted by Crippen LogP contribution is 2.34. The van der Waals surface area contributed by atoms with E-state index in [-0.39, 0.29) is 0 Å². The van der Waals surface area contributed by atoms with Crippen molar-refractivity contribution in [1.29, 1.82) is 0 Å². The van der Waals surface area contributed by atoms with E-state index in [1.807, 2.05) is 0 Å². The predicted molar refractivity (Wildman–Crippen MR) is 104 cm³/mol. The summed E-state index contributed by atoms with van der Waals surface area (Å²) >= 11 is 0. The van der Waals surface area contributed by atoms with E-state index in [0.717, 1.165) is 6.42 Å². The molecule has 122 valence electrons. The van der Waals surface area contributed by atoms with Crippen LogP contribution in [0.25, 0.3) is 0 Å². The Labute approximate surface area is 146 Å². The first-order valence-electron chi connectivity index (χ1n) is 8.93. The zero-order chi connectivity index (χ0) is 16.9. The van der Waals surface area contributed by atoms with E-state index in [1.54, 1.807) is 0 Å². The molecule has 0 heterocycles. The number of aryl methyl sites for hydroxylation is 1. The molecule has 0 saturated carbocycles. The van der Waals surface area contributed by atoms with E-state index in [9.17, 15) is 0 Å². The highest BCUT2D eigenvalue weighted by atomic mass is 14.2. The minimum Gasteiger partial charge on any atom is -0.0622 e. The largest absolute Gasteiger partial charge is 0.0622 e. The first kappa shape index (κ1) is 16.5. The van der Waals surface area contributed by atoms with Crippen molar-refractivity contribution >= 4 is 0 Å². The number of benzene rings is 3. The third-order valence-corrected chi connectivity index (χ3v) is 5.09. The van der Waals surface area contributed by atoms with Gasteiger partial charge >= 0.3 is 0 Å². The fourth-order valence-corrected chi connectivity index (χ4v) is 3.46. The zero-order valence-corrected chi connectivity index (χ0v) is 14.9. The fourth-order valence-electron chi connectivity index (χ4n) is 3.46. The first-order valence-corrected chi connectivity index (χ1v) is 8.93. The monoisotopic (exact) mass is 314 g/mol. The molecule has 0 nitrogen and oxygen atoms in total. The molecule has 0 aliphatic heterocycles. The van der Waals surface area contributed by atoms with Crippen molar-refractivity contribution in [3.8, 4) is 0 Å². The summed E-state index contributed by atoms with van der Waals surface area (Å²) in [5, 5.41) is 0. The van der Waals surface area contributed by atoms with E-state index in [1.165, 1.54) is 27.8 Å². The fraction of sp³-hybridized carbons (Fsp3) is 0.250. The van der Waals surface area contributed by atoms with Crippen molar-refractivity contribution in [3.05, 3.63) is 107 Å². The van der Waals surface area contributed by atoms with E-state index in [2.05, 4.69) is 99.6 Å². The van der Waals surface area contributed by atoms with Crippen molar-refractivity contribution in [1.82, 2.24) is 0 Å². The van der Waals surface area contributed by atoms with Gasteiger partial charge in [0.2, 0.25) is 0 Å². The van der Waals surface area contributed by atoms with Gasteiger partial charge in [-0.1, -0.05) is 99.6 Å². The van der Waals surface area contributed by atoms with Crippen molar-refractivity contribution in [3.63, 3.8) is 0 Å². The van der Waals surface area contributed by atoms with Gasteiger partial charge in [0.15, 0.2) is 0 Å². The summed E-state index contributed by atoms with van der Waals surface area (Å²) in [5.74, 6) is 0.803. The van der Waals surface area contributed by atoms with Crippen LogP contribution in [0.5, 0.6) is 0 Å². The van der Waals surface area contributed by atoms with E-state index >= 15 is 0 Å². The number of rotatable bonds is 5. The quantitative estimate of drug-likeness (QED) is 0.500. The maximum absolute atomic E-state index is 2.41. The Hall–Kier alpha value is -2.34. The molecule has 0 aromatic heterocycles. The van der Waals surface area contributed by atoms with Crippen LogP contribution in [0, 0.1) is 0 Å². The molecule has 0 aliphatic rings. The highest BCUT2D eigenvalue weighted by Gasteiger charge is 2.18. The third-order valence-electron chi connectivity index (χ3n) is 5.09. The maximum atomic E-state index is 2.41. The summed E-state index contributed by atoms with van der Waals surface area (Å²) in [5.41, 5.74) is 7.07. The summed E-state index contributed by atoms with van der Waals surface area (Å²) in [4.78, 5) is 0. The summed E-state index contributed by atoms with van der Waals surface area (Å²) < 4.78 is 0. The van der Waals surface area contributed by atoms with Crippen molar-refractivity contribution < 1.29 is 0 Å². The second kappa shape index (κ2) is 7.49. The lowest BCUT2D eigenvalue weighted by atomic mass is 9.82. The molecule has 0 heteroatoms. The number of hydrogen-bond acceptors (Lipinski definition) is 0. The maximum Gasteiger partial charge on any atom is 0.00640 e. The normalized spacial score (nSPS) is 13.5. The molecule has 2 unspecified atom stereocenters. The molecule has 24 heavy (non-hydrogen) atoms. The van der Waals surface area contributed by atoms with Crippen LogP contribution in [0.2, 0.25) is 0 Å². The van der Waals surface area contributed by atoms with Gasteiger partial charge in [0, 0.05) is 11.8 Å². The second-order valence-corrected chi connectivity index (χ2v) is 6.58. The van der Waals surface area contributed by atoms with Crippen LogP contribution in [0.15, 0.2) is 78.9 Å². The lowest BCUT2D eigenvalue weighted by molar-refractivity contribution is 0.838. The lowest BCUT2D eigenvalue weighted by Crippen LogP contribution is -2.06. The summed E-state index contributed by atoms with van der Waals surface area (Å²) in [6, 6.07) is 28.7. The van der Waals surface area contributed by atoms with Gasteiger partial charge in [-0.3, -0.25) is 0 Å². The minimum absolute atomic E-state index is 0.401. The second-order valence-electron chi connectivity index (χ2n) is 6.58. The van der Waals surface area contributed by atoms with Crippen LogP contribution >= 0.6 is 0 Å². The van der Waals surface area contributed by atoms with Crippen molar-refractivity contribution in [2.45, 2.75) is 39.0 Å². The summed E-state index contributed by atoms with van der Waals surface area (Å²) in [7, 11) is 0. The Morgan fingerprint density at radius 2 is 1.12 bits per heavy atom. The standard InChI is InChI=1S/C24H26/c1-4-20-15-16-23(18(2)21-11-7-5-8-12-21)24(17-20)19(3)22-13-9-6-10-14-22/h5-19H,4H2,1-3H3. The molecule has 3 aromatic carbocycles. The summed E-state index contributed by atoms with van der Waals surface area (Å²) in [6.45, 7) is 6.87. The lowest BCUT2D eigenvalue weighted by Gasteiger charge is -2.23. The smallest absolute Gasteiger partial charge is 0.00640 e. The van der Waals surface area contributed by atoms with E-state index in [0.29, 0.717) is 11.8 Å². The molecular weight excluding hydrogens is 288 g/mol. The average Bonchev–Trinajstić information content (AvgIpc) is 2.67. The Bertz CT molecular complexity index is 772. The first-order chi connectivity index (χ1) is 11.7. The predicted octanol–water partition coefficient (Wildman–Crippen LogP) is 6.55. The molecule has 3 rings (SSSR count). The van der Waals surface area contributed by atoms with Crippen molar-refractivity contribution in [2.24, 2.45) is 0 Å². The Morgan fingerprint density at radius 1 is 0.625 bits per heavy atom. The van der Waals surface area contributed by atoms with Crippen molar-refractivity contribution in [2.75, 3.05) is 0 Å². The van der Waals surface area contributed by atoms with E-state index < -0.39 is 0 Å². The average molecular weight is 314 g/mol. The van der Waals surface area contributed by atoms with Crippen LogP contribution in [-0.4, -0.2) is 0 Å². The molecule has 0 aliphatic carbocycles. The molecule has 0 saturated heterocycles. The van der Waals surface area contributed by atoms with Gasteiger partial charge in [0.25, 0.3) is 0 Å². The van der Waals surface area contributed by atoms with Gasteiger partial charge < -0.3 is 0 Å². The molecule has 0 amide bonds. The molecule has 0 fully saturated rings. The SMILES string of the molecule is CCc1ccc(C(C)c2ccccc2)c(C(C)c2ccccc2)c1. The van der Waals surface area contributed by atoms with Gasteiger partial charge in [-0.05, 0) is 34.2 Å². The molecule has 2 atom stereocenters. The van der Waals surface area contributed by atoms with Gasteiger partial charge in [-0.25, -0.2) is 0 Å².